The topological polar surface area (TPSA) is 0 Å². The summed E-state index contributed by atoms with van der Waals surface area (Å²) in [4.78, 5) is 0. The molecule has 1 unspecified atom stereocenters. The van der Waals surface area contributed by atoms with Crippen LogP contribution in [0, 0.1) is 0 Å². The van der Waals surface area contributed by atoms with Gasteiger partial charge in [0.2, 0.25) is 0 Å². The Labute approximate surface area is 77.9 Å². The highest BCUT2D eigenvalue weighted by Crippen LogP contribution is 2.21. The maximum Gasteiger partial charge on any atom is 0.110 e. The largest absolute Gasteiger partial charge is 0.141 e. The lowest BCUT2D eigenvalue weighted by Gasteiger charge is -2.18. The fraction of sp³-hybridized carbons (Fsp3) is 0.400. The van der Waals surface area contributed by atoms with Crippen molar-refractivity contribution in [3.8, 4) is 0 Å². The molecular formula is C10H14BP. The monoisotopic (exact) mass is 176 g/mol. The average molecular weight is 176 g/mol. The number of hydrogen-bond donors (Lipinski definition) is 0. The van der Waals surface area contributed by atoms with E-state index in [1.54, 1.807) is 0 Å². The van der Waals surface area contributed by atoms with Gasteiger partial charge in [0.15, 0.2) is 0 Å². The fourth-order valence-electron chi connectivity index (χ4n) is 1.07. The van der Waals surface area contributed by atoms with Crippen molar-refractivity contribution >= 4 is 21.3 Å². The molecule has 0 heterocycles. The summed E-state index contributed by atoms with van der Waals surface area (Å²) in [6, 6.07) is 8.54. The Morgan fingerprint density at radius 1 is 1.08 bits per heavy atom. The Balaban J connectivity index is 2.93. The van der Waals surface area contributed by atoms with E-state index in [0.29, 0.717) is 8.46 Å². The molecule has 0 saturated heterocycles. The third-order valence-electron chi connectivity index (χ3n) is 1.92. The summed E-state index contributed by atoms with van der Waals surface area (Å²) in [5.74, 6) is 0. The van der Waals surface area contributed by atoms with Gasteiger partial charge in [-0.1, -0.05) is 45.0 Å². The molecule has 0 saturated carbocycles. The van der Waals surface area contributed by atoms with Crippen LogP contribution in [0.25, 0.3) is 0 Å². The zero-order valence-corrected chi connectivity index (χ0v) is 8.89. The second kappa shape index (κ2) is 3.62. The molecule has 0 aliphatic heterocycles. The highest BCUT2D eigenvalue weighted by Gasteiger charge is 2.12. The lowest BCUT2D eigenvalue weighted by Crippen LogP contribution is -2.11. The van der Waals surface area contributed by atoms with E-state index in [1.807, 2.05) is 0 Å². The van der Waals surface area contributed by atoms with Crippen LogP contribution in [0.3, 0.4) is 0 Å². The highest BCUT2D eigenvalue weighted by atomic mass is 31.1. The second-order valence-corrected chi connectivity index (χ2v) is 4.84. The first kappa shape index (κ1) is 9.80. The summed E-state index contributed by atoms with van der Waals surface area (Å²) in [6.45, 7) is 6.65. The summed E-state index contributed by atoms with van der Waals surface area (Å²) in [5.41, 5.74) is 1.61. The third kappa shape index (κ3) is 2.35. The van der Waals surface area contributed by atoms with Crippen LogP contribution in [0.15, 0.2) is 24.3 Å². The molecule has 1 atom stereocenters. The van der Waals surface area contributed by atoms with Gasteiger partial charge in [0, 0.05) is 0 Å². The summed E-state index contributed by atoms with van der Waals surface area (Å²) < 4.78 is 0. The first-order valence-electron chi connectivity index (χ1n) is 4.11. The zero-order chi connectivity index (χ0) is 9.19. The van der Waals surface area contributed by atoms with Gasteiger partial charge in [0.05, 0.1) is 0 Å². The third-order valence-corrected chi connectivity index (χ3v) is 2.58. The normalized spacial score (nSPS) is 12.6. The van der Waals surface area contributed by atoms with Crippen LogP contribution in [0.5, 0.6) is 0 Å². The van der Waals surface area contributed by atoms with Gasteiger partial charge in [-0.3, -0.25) is 0 Å². The van der Waals surface area contributed by atoms with Gasteiger partial charge < -0.3 is 0 Å². The molecule has 2 radical (unpaired) electrons. The highest BCUT2D eigenvalue weighted by molar-refractivity contribution is 7.73. The van der Waals surface area contributed by atoms with Gasteiger partial charge in [0.25, 0.3) is 0 Å². The SMILES string of the molecule is [B]Pc1ccc(C(C)(C)C)cc1. The van der Waals surface area contributed by atoms with Gasteiger partial charge in [0.1, 0.15) is 7.57 Å². The first-order valence-corrected chi connectivity index (χ1v) is 5.19. The average Bonchev–Trinajstić information content (AvgIpc) is 2.03. The Hall–Kier alpha value is -0.285. The molecule has 62 valence electrons. The number of rotatable bonds is 1. The van der Waals surface area contributed by atoms with Crippen molar-refractivity contribution in [1.82, 2.24) is 0 Å². The molecule has 1 aromatic rings. The van der Waals surface area contributed by atoms with E-state index >= 15 is 0 Å². The lowest BCUT2D eigenvalue weighted by atomic mass is 9.87. The molecule has 2 heteroatoms. The van der Waals surface area contributed by atoms with Crippen molar-refractivity contribution in [1.29, 1.82) is 0 Å². The Kier molecular flexibility index (Phi) is 2.96. The number of benzene rings is 1. The van der Waals surface area contributed by atoms with Crippen molar-refractivity contribution in [2.75, 3.05) is 0 Å². The van der Waals surface area contributed by atoms with Gasteiger partial charge in [-0.2, -0.15) is 0 Å². The van der Waals surface area contributed by atoms with Crippen molar-refractivity contribution in [2.24, 2.45) is 0 Å². The smallest absolute Gasteiger partial charge is 0.110 e. The van der Waals surface area contributed by atoms with Crippen molar-refractivity contribution < 1.29 is 0 Å². The maximum absolute atomic E-state index is 5.54. The predicted molar refractivity (Wildman–Crippen MR) is 58.8 cm³/mol. The zero-order valence-electron chi connectivity index (χ0n) is 7.89. The molecule has 0 aliphatic rings. The lowest BCUT2D eigenvalue weighted by molar-refractivity contribution is 0.590. The van der Waals surface area contributed by atoms with Gasteiger partial charge in [-0.15, -0.1) is 8.46 Å². The number of hydrogen-bond acceptors (Lipinski definition) is 0. The summed E-state index contributed by atoms with van der Waals surface area (Å²) in [6.07, 6.45) is 0. The van der Waals surface area contributed by atoms with E-state index in [-0.39, 0.29) is 5.41 Å². The van der Waals surface area contributed by atoms with E-state index in [2.05, 4.69) is 45.0 Å². The Bertz CT molecular complexity index is 246. The molecule has 12 heavy (non-hydrogen) atoms. The van der Waals surface area contributed by atoms with Crippen LogP contribution in [-0.2, 0) is 5.41 Å². The van der Waals surface area contributed by atoms with Crippen LogP contribution in [-0.4, -0.2) is 7.57 Å². The van der Waals surface area contributed by atoms with Crippen LogP contribution in [0.4, 0.5) is 0 Å². The molecule has 0 amide bonds. The van der Waals surface area contributed by atoms with Gasteiger partial charge >= 0.3 is 0 Å². The quantitative estimate of drug-likeness (QED) is 0.455. The van der Waals surface area contributed by atoms with Crippen molar-refractivity contribution in [3.63, 3.8) is 0 Å². The fourth-order valence-corrected chi connectivity index (χ4v) is 1.43. The van der Waals surface area contributed by atoms with Crippen LogP contribution >= 0.6 is 8.46 Å². The minimum Gasteiger partial charge on any atom is -0.141 e. The standard InChI is InChI=1S/C10H14BP/c1-10(2,3)8-4-6-9(12-11)7-5-8/h4-7,12H,1-3H3. The van der Waals surface area contributed by atoms with Crippen molar-refractivity contribution in [2.45, 2.75) is 26.2 Å². The molecule has 0 nitrogen and oxygen atoms in total. The van der Waals surface area contributed by atoms with Gasteiger partial charge in [-0.25, -0.2) is 0 Å². The van der Waals surface area contributed by atoms with E-state index in [0.717, 1.165) is 0 Å². The first-order chi connectivity index (χ1) is 5.54. The van der Waals surface area contributed by atoms with E-state index in [4.69, 9.17) is 7.57 Å². The molecule has 0 fully saturated rings. The van der Waals surface area contributed by atoms with Crippen molar-refractivity contribution in [3.05, 3.63) is 29.8 Å². The summed E-state index contributed by atoms with van der Waals surface area (Å²) in [7, 11) is 5.95. The van der Waals surface area contributed by atoms with Gasteiger partial charge in [-0.05, 0) is 16.3 Å². The Morgan fingerprint density at radius 3 is 1.92 bits per heavy atom. The summed E-state index contributed by atoms with van der Waals surface area (Å²) in [5, 5.41) is 1.23. The second-order valence-electron chi connectivity index (χ2n) is 3.97. The molecule has 0 spiro atoms. The maximum atomic E-state index is 5.54. The van der Waals surface area contributed by atoms with Crippen LogP contribution in [0.1, 0.15) is 26.3 Å². The van der Waals surface area contributed by atoms with E-state index < -0.39 is 0 Å². The van der Waals surface area contributed by atoms with Crippen LogP contribution < -0.4 is 5.30 Å². The summed E-state index contributed by atoms with van der Waals surface area (Å²) >= 11 is 0. The van der Waals surface area contributed by atoms with Crippen LogP contribution in [0.2, 0.25) is 0 Å². The molecule has 0 bridgehead atoms. The minimum absolute atomic E-state index is 0.246. The van der Waals surface area contributed by atoms with E-state index in [9.17, 15) is 0 Å². The molecule has 1 aromatic carbocycles. The molecule has 1 rings (SSSR count). The molecule has 0 N–H and O–H groups in total. The van der Waals surface area contributed by atoms with E-state index in [1.165, 1.54) is 10.9 Å². The molecule has 0 aromatic heterocycles. The Morgan fingerprint density at radius 2 is 1.58 bits per heavy atom. The minimum atomic E-state index is 0.246. The predicted octanol–water partition coefficient (Wildman–Crippen LogP) is 2.37. The molecule has 0 aliphatic carbocycles. The molecular weight excluding hydrogens is 162 g/mol.